The van der Waals surface area contributed by atoms with Gasteiger partial charge in [0.2, 0.25) is 5.95 Å². The molecule has 0 radical (unpaired) electrons. The standard InChI is InChI=1S/C27H29N7O3/c1-2-37-27(36)33-12-9-17(10-13-33)20-4-3-11-34-24(20)31-26(32-34)30-19-7-5-18(6-8-19)25(35)29-16-23-21-14-28-15-22(21)23/h3-9,11,16,21-23,28H,2,10,12-15H2,1H3,(H,30,32)/t21-,22+,23?. The summed E-state index contributed by atoms with van der Waals surface area (Å²) >= 11 is 0. The number of rotatable bonds is 6. The number of benzene rings is 1. The van der Waals surface area contributed by atoms with Crippen LogP contribution in [0.15, 0.2) is 53.7 Å². The van der Waals surface area contributed by atoms with E-state index in [2.05, 4.69) is 20.7 Å². The fraction of sp³-hybridized carbons (Fsp3) is 0.370. The summed E-state index contributed by atoms with van der Waals surface area (Å²) in [5.41, 5.74) is 4.18. The van der Waals surface area contributed by atoms with Crippen molar-refractivity contribution >= 4 is 41.1 Å². The van der Waals surface area contributed by atoms with Crippen LogP contribution >= 0.6 is 0 Å². The minimum absolute atomic E-state index is 0.220. The summed E-state index contributed by atoms with van der Waals surface area (Å²) in [4.78, 5) is 35.1. The first-order valence-electron chi connectivity index (χ1n) is 12.7. The number of fused-ring (bicyclic) bond motifs is 2. The van der Waals surface area contributed by atoms with Gasteiger partial charge in [-0.2, -0.15) is 4.98 Å². The van der Waals surface area contributed by atoms with E-state index in [4.69, 9.17) is 9.72 Å². The van der Waals surface area contributed by atoms with Crippen molar-refractivity contribution in [3.05, 3.63) is 59.8 Å². The smallest absolute Gasteiger partial charge is 0.410 e. The Labute approximate surface area is 214 Å². The Kier molecular flexibility index (Phi) is 6.17. The van der Waals surface area contributed by atoms with E-state index in [9.17, 15) is 9.59 Å². The third-order valence-electron chi connectivity index (χ3n) is 7.35. The minimum atomic E-state index is -0.285. The Morgan fingerprint density at radius 1 is 1.22 bits per heavy atom. The highest BCUT2D eigenvalue weighted by Gasteiger charge is 2.51. The zero-order valence-corrected chi connectivity index (χ0v) is 20.6. The van der Waals surface area contributed by atoms with Crippen LogP contribution in [0.2, 0.25) is 0 Å². The molecule has 2 fully saturated rings. The fourth-order valence-electron chi connectivity index (χ4n) is 5.25. The predicted molar refractivity (Wildman–Crippen MR) is 140 cm³/mol. The number of anilines is 2. The number of amides is 2. The number of aliphatic imine (C=N–C) groups is 1. The van der Waals surface area contributed by atoms with Crippen molar-refractivity contribution < 1.29 is 14.3 Å². The molecule has 2 aromatic heterocycles. The molecular formula is C27H29N7O3. The molecule has 10 heteroatoms. The molecule has 1 saturated carbocycles. The summed E-state index contributed by atoms with van der Waals surface area (Å²) in [6.45, 7) is 5.33. The summed E-state index contributed by atoms with van der Waals surface area (Å²) in [6, 6.07) is 11.1. The zero-order valence-electron chi connectivity index (χ0n) is 20.6. The van der Waals surface area contributed by atoms with E-state index < -0.39 is 0 Å². The molecule has 1 saturated heterocycles. The SMILES string of the molecule is CCOC(=O)N1CC=C(c2cccn3nc(Nc4ccc(C(=O)N=CC5[C@H]6CNC[C@@H]56)cc4)nc23)CC1. The number of piperidine rings is 1. The molecular weight excluding hydrogens is 470 g/mol. The van der Waals surface area contributed by atoms with E-state index in [1.54, 1.807) is 28.5 Å². The average Bonchev–Trinajstić information content (AvgIpc) is 3.23. The number of ether oxygens (including phenoxy) is 1. The van der Waals surface area contributed by atoms with E-state index in [1.807, 2.05) is 42.8 Å². The van der Waals surface area contributed by atoms with Gasteiger partial charge in [-0.25, -0.2) is 14.3 Å². The largest absolute Gasteiger partial charge is 0.450 e. The lowest BCUT2D eigenvalue weighted by molar-refractivity contribution is 0.100. The summed E-state index contributed by atoms with van der Waals surface area (Å²) < 4.78 is 6.85. The van der Waals surface area contributed by atoms with Gasteiger partial charge in [-0.05, 0) is 80.2 Å². The summed E-state index contributed by atoms with van der Waals surface area (Å²) in [5, 5.41) is 11.1. The maximum Gasteiger partial charge on any atom is 0.410 e. The first-order valence-corrected chi connectivity index (χ1v) is 12.7. The molecule has 2 N–H and O–H groups in total. The molecule has 0 spiro atoms. The molecule has 37 heavy (non-hydrogen) atoms. The van der Waals surface area contributed by atoms with Crippen molar-refractivity contribution in [2.24, 2.45) is 22.7 Å². The number of nitrogens with zero attached hydrogens (tertiary/aromatic N) is 5. The van der Waals surface area contributed by atoms with Crippen LogP contribution < -0.4 is 10.6 Å². The second-order valence-electron chi connectivity index (χ2n) is 9.60. The molecule has 1 unspecified atom stereocenters. The first-order chi connectivity index (χ1) is 18.1. The Hall–Kier alpha value is -4.05. The topological polar surface area (TPSA) is 113 Å². The highest BCUT2D eigenvalue weighted by atomic mass is 16.6. The van der Waals surface area contributed by atoms with Gasteiger partial charge in [0.15, 0.2) is 5.65 Å². The van der Waals surface area contributed by atoms with E-state index in [1.165, 1.54) is 0 Å². The molecule has 10 nitrogen and oxygen atoms in total. The summed E-state index contributed by atoms with van der Waals surface area (Å²) in [6.07, 6.45) is 6.16. The lowest BCUT2D eigenvalue weighted by atomic mass is 10.0. The number of carbonyl (C=O) groups is 2. The summed E-state index contributed by atoms with van der Waals surface area (Å²) in [7, 11) is 0. The van der Waals surface area contributed by atoms with Crippen LogP contribution in [0.5, 0.6) is 0 Å². The molecule has 3 atom stereocenters. The number of hydrogen-bond donors (Lipinski definition) is 2. The molecule has 2 aliphatic heterocycles. The van der Waals surface area contributed by atoms with Gasteiger partial charge in [0, 0.05) is 48.2 Å². The summed E-state index contributed by atoms with van der Waals surface area (Å²) in [5.74, 6) is 1.98. The van der Waals surface area contributed by atoms with Gasteiger partial charge < -0.3 is 20.3 Å². The lowest BCUT2D eigenvalue weighted by Crippen LogP contribution is -2.35. The average molecular weight is 500 g/mol. The van der Waals surface area contributed by atoms with Gasteiger partial charge in [-0.15, -0.1) is 5.10 Å². The first kappa shape index (κ1) is 23.4. The Morgan fingerprint density at radius 2 is 2.03 bits per heavy atom. The van der Waals surface area contributed by atoms with E-state index in [-0.39, 0.29) is 12.0 Å². The van der Waals surface area contributed by atoms with Crippen LogP contribution in [0.3, 0.4) is 0 Å². The van der Waals surface area contributed by atoms with Crippen molar-refractivity contribution in [2.75, 3.05) is 38.1 Å². The number of aromatic nitrogens is 3. The van der Waals surface area contributed by atoms with Crippen molar-refractivity contribution in [3.63, 3.8) is 0 Å². The van der Waals surface area contributed by atoms with Crippen LogP contribution in [0.1, 0.15) is 29.3 Å². The highest BCUT2D eigenvalue weighted by Crippen LogP contribution is 2.47. The minimum Gasteiger partial charge on any atom is -0.450 e. The molecule has 1 aromatic carbocycles. The van der Waals surface area contributed by atoms with E-state index >= 15 is 0 Å². The quantitative estimate of drug-likeness (QED) is 0.500. The number of nitrogens with one attached hydrogen (secondary N) is 2. The highest BCUT2D eigenvalue weighted by molar-refractivity contribution is 5.99. The molecule has 190 valence electrons. The van der Waals surface area contributed by atoms with Crippen LogP contribution in [0, 0.1) is 17.8 Å². The van der Waals surface area contributed by atoms with Crippen LogP contribution in [0.4, 0.5) is 16.4 Å². The second kappa shape index (κ2) is 9.78. The molecule has 2 amide bonds. The van der Waals surface area contributed by atoms with Gasteiger partial charge in [0.25, 0.3) is 5.91 Å². The molecule has 0 bridgehead atoms. The normalized spacial score (nSPS) is 22.7. The Bertz CT molecular complexity index is 1380. The maximum absolute atomic E-state index is 12.5. The molecule has 3 aromatic rings. The van der Waals surface area contributed by atoms with Crippen molar-refractivity contribution in [1.82, 2.24) is 24.8 Å². The maximum atomic E-state index is 12.5. The second-order valence-corrected chi connectivity index (χ2v) is 9.60. The third kappa shape index (κ3) is 4.72. The van der Waals surface area contributed by atoms with Gasteiger partial charge >= 0.3 is 6.09 Å². The number of pyridine rings is 1. The van der Waals surface area contributed by atoms with E-state index in [0.717, 1.165) is 35.6 Å². The van der Waals surface area contributed by atoms with Gasteiger partial charge in [-0.1, -0.05) is 6.08 Å². The monoisotopic (exact) mass is 499 g/mol. The van der Waals surface area contributed by atoms with Gasteiger partial charge in [-0.3, -0.25) is 4.79 Å². The third-order valence-corrected chi connectivity index (χ3v) is 7.35. The van der Waals surface area contributed by atoms with Crippen molar-refractivity contribution in [2.45, 2.75) is 13.3 Å². The van der Waals surface area contributed by atoms with Crippen molar-refractivity contribution in [1.29, 1.82) is 0 Å². The molecule has 3 aliphatic rings. The Balaban J connectivity index is 1.12. The van der Waals surface area contributed by atoms with Crippen molar-refractivity contribution in [3.8, 4) is 0 Å². The molecule has 4 heterocycles. The van der Waals surface area contributed by atoms with E-state index in [0.29, 0.717) is 55.4 Å². The number of carbonyl (C=O) groups excluding carboxylic acids is 2. The molecule has 1 aliphatic carbocycles. The van der Waals surface area contributed by atoms with Gasteiger partial charge in [0.05, 0.1) is 6.61 Å². The van der Waals surface area contributed by atoms with Crippen LogP contribution in [0.25, 0.3) is 11.2 Å². The fourth-order valence-corrected chi connectivity index (χ4v) is 5.25. The zero-order chi connectivity index (χ0) is 25.4. The van der Waals surface area contributed by atoms with Crippen LogP contribution in [-0.4, -0.2) is 70.5 Å². The lowest BCUT2D eigenvalue weighted by Gasteiger charge is -2.25. The predicted octanol–water partition coefficient (Wildman–Crippen LogP) is 3.39. The van der Waals surface area contributed by atoms with Gasteiger partial charge in [0.1, 0.15) is 0 Å². The number of hydrogen-bond acceptors (Lipinski definition) is 7. The molecule has 6 rings (SSSR count). The van der Waals surface area contributed by atoms with Crippen LogP contribution in [-0.2, 0) is 4.74 Å². The Morgan fingerprint density at radius 3 is 2.76 bits per heavy atom.